The van der Waals surface area contributed by atoms with Gasteiger partial charge in [-0.1, -0.05) is 6.92 Å². The minimum Gasteiger partial charge on any atom is -0.369 e. The summed E-state index contributed by atoms with van der Waals surface area (Å²) in [5.74, 6) is -0.118. The van der Waals surface area contributed by atoms with Gasteiger partial charge in [-0.05, 0) is 34.5 Å². The number of halogens is 3. The molecular weight excluding hydrogens is 330 g/mol. The zero-order valence-electron chi connectivity index (χ0n) is 10.8. The second-order valence-corrected chi connectivity index (χ2v) is 4.85. The number of rotatable bonds is 5. The van der Waals surface area contributed by atoms with Crippen LogP contribution in [0.2, 0.25) is 0 Å². The highest BCUT2D eigenvalue weighted by Crippen LogP contribution is 2.29. The molecule has 0 bridgehead atoms. The summed E-state index contributed by atoms with van der Waals surface area (Å²) >= 11 is 3.35. The molecule has 0 unspecified atom stereocenters. The number of hydrogen-bond acceptors (Lipinski definition) is 4. The average Bonchev–Trinajstić information content (AvgIpc) is 2.44. The van der Waals surface area contributed by atoms with E-state index < -0.39 is 11.6 Å². The van der Waals surface area contributed by atoms with Gasteiger partial charge < -0.3 is 10.6 Å². The lowest BCUT2D eigenvalue weighted by Crippen LogP contribution is -2.06. The van der Waals surface area contributed by atoms with E-state index in [0.29, 0.717) is 16.1 Å². The summed E-state index contributed by atoms with van der Waals surface area (Å²) in [6, 6.07) is 3.19. The Morgan fingerprint density at radius 2 is 1.95 bits per heavy atom. The Hall–Kier alpha value is -1.76. The van der Waals surface area contributed by atoms with Crippen LogP contribution in [0.3, 0.4) is 0 Å². The number of anilines is 3. The van der Waals surface area contributed by atoms with E-state index >= 15 is 0 Å². The fourth-order valence-electron chi connectivity index (χ4n) is 1.54. The maximum atomic E-state index is 13.6. The highest BCUT2D eigenvalue weighted by Gasteiger charge is 2.11. The minimum atomic E-state index is -0.556. The van der Waals surface area contributed by atoms with Crippen LogP contribution in [0.25, 0.3) is 0 Å². The van der Waals surface area contributed by atoms with E-state index in [1.165, 1.54) is 6.33 Å². The number of nitrogens with one attached hydrogen (secondary N) is 2. The summed E-state index contributed by atoms with van der Waals surface area (Å²) in [6.07, 6.45) is 2.29. The molecule has 20 heavy (non-hydrogen) atoms. The van der Waals surface area contributed by atoms with Crippen LogP contribution in [-0.4, -0.2) is 16.5 Å². The standard InChI is InChI=1S/C13H13BrF2N4/c1-2-5-17-12-11(14)13(19-7-18-12)20-10-6-8(15)3-4-9(10)16/h3-4,6-7H,2,5H2,1H3,(H2,17,18,19,20). The summed E-state index contributed by atoms with van der Waals surface area (Å²) in [7, 11) is 0. The molecule has 0 atom stereocenters. The monoisotopic (exact) mass is 342 g/mol. The molecule has 1 heterocycles. The van der Waals surface area contributed by atoms with Crippen molar-refractivity contribution in [2.45, 2.75) is 13.3 Å². The first-order valence-electron chi connectivity index (χ1n) is 6.08. The maximum absolute atomic E-state index is 13.6. The molecule has 2 rings (SSSR count). The van der Waals surface area contributed by atoms with Crippen LogP contribution in [0.15, 0.2) is 29.0 Å². The van der Waals surface area contributed by atoms with Gasteiger partial charge in [-0.3, -0.25) is 0 Å². The quantitative estimate of drug-likeness (QED) is 0.859. The summed E-state index contributed by atoms with van der Waals surface area (Å²) in [4.78, 5) is 8.10. The Labute approximate surface area is 123 Å². The Balaban J connectivity index is 2.27. The second kappa shape index (κ2) is 6.60. The fraction of sp³-hybridized carbons (Fsp3) is 0.231. The summed E-state index contributed by atoms with van der Waals surface area (Å²) < 4.78 is 27.3. The third-order valence-corrected chi connectivity index (χ3v) is 3.26. The van der Waals surface area contributed by atoms with Crippen molar-refractivity contribution in [2.75, 3.05) is 17.2 Å². The molecule has 2 N–H and O–H groups in total. The molecule has 1 aromatic carbocycles. The lowest BCUT2D eigenvalue weighted by atomic mass is 10.3. The van der Waals surface area contributed by atoms with Gasteiger partial charge in [0.1, 0.15) is 34.1 Å². The van der Waals surface area contributed by atoms with E-state index in [2.05, 4.69) is 36.5 Å². The number of aromatic nitrogens is 2. The van der Waals surface area contributed by atoms with Gasteiger partial charge in [0.25, 0.3) is 0 Å². The molecule has 0 amide bonds. The largest absolute Gasteiger partial charge is 0.369 e. The van der Waals surface area contributed by atoms with Crippen molar-refractivity contribution in [3.05, 3.63) is 40.6 Å². The molecule has 2 aromatic rings. The van der Waals surface area contributed by atoms with Crippen LogP contribution in [-0.2, 0) is 0 Å². The number of benzene rings is 1. The molecule has 0 fully saturated rings. The first-order valence-corrected chi connectivity index (χ1v) is 6.87. The predicted molar refractivity (Wildman–Crippen MR) is 78.2 cm³/mol. The van der Waals surface area contributed by atoms with Gasteiger partial charge in [-0.15, -0.1) is 0 Å². The van der Waals surface area contributed by atoms with Crippen LogP contribution in [0, 0.1) is 11.6 Å². The van der Waals surface area contributed by atoms with Crippen LogP contribution in [0.4, 0.5) is 26.1 Å². The van der Waals surface area contributed by atoms with E-state index in [1.807, 2.05) is 6.92 Å². The molecule has 0 aliphatic heterocycles. The molecule has 1 aromatic heterocycles. The van der Waals surface area contributed by atoms with Crippen molar-refractivity contribution in [1.82, 2.24) is 9.97 Å². The van der Waals surface area contributed by atoms with Gasteiger partial charge in [0.15, 0.2) is 0 Å². The first-order chi connectivity index (χ1) is 9.61. The van der Waals surface area contributed by atoms with Crippen LogP contribution in [0.1, 0.15) is 13.3 Å². The van der Waals surface area contributed by atoms with E-state index in [1.54, 1.807) is 0 Å². The van der Waals surface area contributed by atoms with E-state index in [0.717, 1.165) is 31.2 Å². The molecule has 0 aliphatic carbocycles. The summed E-state index contributed by atoms with van der Waals surface area (Å²) in [5, 5.41) is 5.85. The van der Waals surface area contributed by atoms with Crippen molar-refractivity contribution in [2.24, 2.45) is 0 Å². The Kier molecular flexibility index (Phi) is 4.84. The Bertz CT molecular complexity index is 607. The first kappa shape index (κ1) is 14.6. The van der Waals surface area contributed by atoms with E-state index in [-0.39, 0.29) is 5.69 Å². The van der Waals surface area contributed by atoms with Crippen molar-refractivity contribution < 1.29 is 8.78 Å². The molecule has 0 spiro atoms. The van der Waals surface area contributed by atoms with Crippen LogP contribution < -0.4 is 10.6 Å². The third-order valence-electron chi connectivity index (χ3n) is 2.51. The smallest absolute Gasteiger partial charge is 0.150 e. The van der Waals surface area contributed by atoms with Crippen LogP contribution >= 0.6 is 15.9 Å². The molecule has 0 aliphatic rings. The Morgan fingerprint density at radius 3 is 2.70 bits per heavy atom. The van der Waals surface area contributed by atoms with Crippen LogP contribution in [0.5, 0.6) is 0 Å². The molecule has 7 heteroatoms. The van der Waals surface area contributed by atoms with Gasteiger partial charge in [-0.25, -0.2) is 18.7 Å². The lowest BCUT2D eigenvalue weighted by Gasteiger charge is -2.11. The molecular formula is C13H13BrF2N4. The minimum absolute atomic E-state index is 0.0193. The maximum Gasteiger partial charge on any atom is 0.150 e. The molecule has 0 saturated carbocycles. The van der Waals surface area contributed by atoms with E-state index in [9.17, 15) is 8.78 Å². The zero-order valence-corrected chi connectivity index (χ0v) is 12.3. The summed E-state index contributed by atoms with van der Waals surface area (Å²) in [6.45, 7) is 2.78. The van der Waals surface area contributed by atoms with Gasteiger partial charge in [-0.2, -0.15) is 0 Å². The van der Waals surface area contributed by atoms with Gasteiger partial charge >= 0.3 is 0 Å². The Morgan fingerprint density at radius 1 is 1.20 bits per heavy atom. The van der Waals surface area contributed by atoms with E-state index in [4.69, 9.17) is 0 Å². The van der Waals surface area contributed by atoms with Gasteiger partial charge in [0, 0.05) is 12.6 Å². The summed E-state index contributed by atoms with van der Waals surface area (Å²) in [5.41, 5.74) is 0.0193. The molecule has 4 nitrogen and oxygen atoms in total. The normalized spacial score (nSPS) is 10.4. The van der Waals surface area contributed by atoms with Crippen molar-refractivity contribution >= 4 is 33.3 Å². The highest BCUT2D eigenvalue weighted by molar-refractivity contribution is 9.10. The predicted octanol–water partition coefficient (Wildman–Crippen LogP) is 4.08. The lowest BCUT2D eigenvalue weighted by molar-refractivity contribution is 0.603. The number of hydrogen-bond donors (Lipinski definition) is 2. The number of nitrogens with zero attached hydrogens (tertiary/aromatic N) is 2. The average molecular weight is 343 g/mol. The van der Waals surface area contributed by atoms with Crippen molar-refractivity contribution in [3.8, 4) is 0 Å². The molecule has 0 radical (unpaired) electrons. The van der Waals surface area contributed by atoms with Crippen molar-refractivity contribution in [1.29, 1.82) is 0 Å². The molecule has 0 saturated heterocycles. The fourth-order valence-corrected chi connectivity index (χ4v) is 1.99. The van der Waals surface area contributed by atoms with Gasteiger partial charge in [0.2, 0.25) is 0 Å². The topological polar surface area (TPSA) is 49.8 Å². The highest BCUT2D eigenvalue weighted by atomic mass is 79.9. The zero-order chi connectivity index (χ0) is 14.5. The SMILES string of the molecule is CCCNc1ncnc(Nc2cc(F)ccc2F)c1Br. The molecule has 106 valence electrons. The van der Waals surface area contributed by atoms with Gasteiger partial charge in [0.05, 0.1) is 5.69 Å². The van der Waals surface area contributed by atoms with Crippen molar-refractivity contribution in [3.63, 3.8) is 0 Å². The third kappa shape index (κ3) is 3.41. The second-order valence-electron chi connectivity index (χ2n) is 4.06.